The molecule has 0 aliphatic heterocycles. The zero-order valence-electron chi connectivity index (χ0n) is 13.3. The second-order valence-electron chi connectivity index (χ2n) is 5.36. The number of nitrogens with zero attached hydrogens (tertiary/aromatic N) is 1. The summed E-state index contributed by atoms with van der Waals surface area (Å²) in [4.78, 5) is 22.5. The van der Waals surface area contributed by atoms with Crippen LogP contribution in [0.3, 0.4) is 0 Å². The summed E-state index contributed by atoms with van der Waals surface area (Å²) in [5, 5.41) is 14.4. The van der Waals surface area contributed by atoms with E-state index in [0.717, 1.165) is 11.1 Å². The normalized spacial score (nSPS) is 11.6. The first-order valence-electron chi connectivity index (χ1n) is 7.29. The first-order valence-corrected chi connectivity index (χ1v) is 7.67. The molecule has 0 aliphatic carbocycles. The molecule has 0 bridgehead atoms. The molecule has 1 N–H and O–H groups in total. The first-order chi connectivity index (χ1) is 11.4. The Morgan fingerprint density at radius 2 is 2.08 bits per heavy atom. The van der Waals surface area contributed by atoms with Gasteiger partial charge in [0.1, 0.15) is 0 Å². The quantitative estimate of drug-likeness (QED) is 0.635. The molecule has 2 aromatic rings. The lowest BCUT2D eigenvalue weighted by molar-refractivity contribution is -0.385. The number of aryl methyl sites for hydroxylation is 1. The molecule has 2 rings (SSSR count). The monoisotopic (exact) mass is 348 g/mol. The number of rotatable bonds is 6. The molecule has 0 spiro atoms. The fourth-order valence-corrected chi connectivity index (χ4v) is 2.38. The van der Waals surface area contributed by atoms with Gasteiger partial charge in [-0.2, -0.15) is 0 Å². The minimum atomic E-state index is -0.533. The minimum Gasteiger partial charge on any atom is -0.477 e. The third-order valence-electron chi connectivity index (χ3n) is 3.40. The molecule has 2 aromatic carbocycles. The molecule has 0 aromatic heterocycles. The molecule has 0 aliphatic rings. The topological polar surface area (TPSA) is 81.5 Å². The van der Waals surface area contributed by atoms with Crippen molar-refractivity contribution in [1.29, 1.82) is 0 Å². The molecule has 1 atom stereocenters. The molecule has 126 valence electrons. The molecule has 0 saturated heterocycles. The molecule has 0 unspecified atom stereocenters. The maximum atomic E-state index is 12.0. The zero-order valence-corrected chi connectivity index (χ0v) is 14.0. The number of ether oxygens (including phenoxy) is 1. The van der Waals surface area contributed by atoms with Gasteiger partial charge in [-0.15, -0.1) is 0 Å². The van der Waals surface area contributed by atoms with Gasteiger partial charge < -0.3 is 10.1 Å². The third kappa shape index (κ3) is 4.70. The van der Waals surface area contributed by atoms with Crippen molar-refractivity contribution in [1.82, 2.24) is 5.32 Å². The minimum absolute atomic E-state index is 0.0659. The van der Waals surface area contributed by atoms with Gasteiger partial charge in [-0.3, -0.25) is 14.9 Å². The van der Waals surface area contributed by atoms with Crippen LogP contribution < -0.4 is 10.1 Å². The summed E-state index contributed by atoms with van der Waals surface area (Å²) in [6, 6.07) is 11.5. The smallest absolute Gasteiger partial charge is 0.311 e. The van der Waals surface area contributed by atoms with Gasteiger partial charge in [0.05, 0.1) is 11.0 Å². The summed E-state index contributed by atoms with van der Waals surface area (Å²) >= 11 is 5.93. The number of nitro benzene ring substituents is 1. The average Bonchev–Trinajstić information content (AvgIpc) is 2.53. The van der Waals surface area contributed by atoms with Crippen molar-refractivity contribution in [2.75, 3.05) is 6.61 Å². The van der Waals surface area contributed by atoms with E-state index in [4.69, 9.17) is 16.3 Å². The van der Waals surface area contributed by atoms with Gasteiger partial charge in [-0.1, -0.05) is 29.8 Å². The van der Waals surface area contributed by atoms with Crippen LogP contribution in [0, 0.1) is 17.0 Å². The van der Waals surface area contributed by atoms with E-state index in [0.29, 0.717) is 5.02 Å². The van der Waals surface area contributed by atoms with E-state index >= 15 is 0 Å². The lowest BCUT2D eigenvalue weighted by atomic mass is 10.1. The van der Waals surface area contributed by atoms with Crippen molar-refractivity contribution in [2.45, 2.75) is 19.9 Å². The Balaban J connectivity index is 1.97. The van der Waals surface area contributed by atoms with Crippen LogP contribution >= 0.6 is 11.6 Å². The van der Waals surface area contributed by atoms with Crippen LogP contribution in [0.15, 0.2) is 42.5 Å². The van der Waals surface area contributed by atoms with E-state index in [1.165, 1.54) is 12.1 Å². The Labute approximate surface area is 144 Å². The summed E-state index contributed by atoms with van der Waals surface area (Å²) in [5.41, 5.74) is 1.44. The van der Waals surface area contributed by atoms with Crippen molar-refractivity contribution in [2.24, 2.45) is 0 Å². The highest BCUT2D eigenvalue weighted by Gasteiger charge is 2.17. The molecule has 0 saturated carbocycles. The van der Waals surface area contributed by atoms with Crippen LogP contribution in [0.2, 0.25) is 5.02 Å². The van der Waals surface area contributed by atoms with Crippen molar-refractivity contribution >= 4 is 23.2 Å². The number of amides is 1. The van der Waals surface area contributed by atoms with Crippen LogP contribution in [-0.2, 0) is 4.79 Å². The summed E-state index contributed by atoms with van der Waals surface area (Å²) in [6.45, 7) is 3.25. The fraction of sp³-hybridized carbons (Fsp3) is 0.235. The van der Waals surface area contributed by atoms with Crippen LogP contribution in [0.4, 0.5) is 5.69 Å². The SMILES string of the molecule is Cc1ccc(OCC(=O)N[C@@H](C)c2cccc(Cl)c2)c([N+](=O)[O-])c1. The highest BCUT2D eigenvalue weighted by Crippen LogP contribution is 2.27. The molecule has 0 radical (unpaired) electrons. The Morgan fingerprint density at radius 1 is 1.33 bits per heavy atom. The lowest BCUT2D eigenvalue weighted by Gasteiger charge is -2.15. The molecule has 1 amide bonds. The van der Waals surface area contributed by atoms with Crippen LogP contribution in [0.5, 0.6) is 5.75 Å². The third-order valence-corrected chi connectivity index (χ3v) is 3.63. The van der Waals surface area contributed by atoms with E-state index in [1.807, 2.05) is 13.0 Å². The number of nitro groups is 1. The fourth-order valence-electron chi connectivity index (χ4n) is 2.18. The van der Waals surface area contributed by atoms with Crippen LogP contribution in [0.1, 0.15) is 24.1 Å². The number of carbonyl (C=O) groups is 1. The largest absolute Gasteiger partial charge is 0.477 e. The van der Waals surface area contributed by atoms with Crippen molar-refractivity contribution in [3.05, 3.63) is 68.7 Å². The lowest BCUT2D eigenvalue weighted by Crippen LogP contribution is -2.31. The standard InChI is InChI=1S/C17H17ClN2O4/c1-11-6-7-16(15(8-11)20(22)23)24-10-17(21)19-12(2)13-4-3-5-14(18)9-13/h3-9,12H,10H2,1-2H3,(H,19,21)/t12-/m0/s1. The number of hydrogen-bond donors (Lipinski definition) is 1. The van der Waals surface area contributed by atoms with Crippen LogP contribution in [-0.4, -0.2) is 17.4 Å². The predicted molar refractivity (Wildman–Crippen MR) is 91.3 cm³/mol. The van der Waals surface area contributed by atoms with E-state index in [9.17, 15) is 14.9 Å². The van der Waals surface area contributed by atoms with Crippen molar-refractivity contribution < 1.29 is 14.5 Å². The Bertz CT molecular complexity index is 764. The second-order valence-corrected chi connectivity index (χ2v) is 5.80. The summed E-state index contributed by atoms with van der Waals surface area (Å²) in [5.74, 6) is -0.312. The van der Waals surface area contributed by atoms with Gasteiger partial charge >= 0.3 is 5.69 Å². The van der Waals surface area contributed by atoms with Gasteiger partial charge in [0, 0.05) is 11.1 Å². The Kier molecular flexibility index (Phi) is 5.76. The molecule has 7 heteroatoms. The summed E-state index contributed by atoms with van der Waals surface area (Å²) < 4.78 is 5.30. The van der Waals surface area contributed by atoms with Crippen molar-refractivity contribution in [3.63, 3.8) is 0 Å². The molecular formula is C17H17ClN2O4. The van der Waals surface area contributed by atoms with E-state index < -0.39 is 4.92 Å². The average molecular weight is 349 g/mol. The first kappa shape index (κ1) is 17.7. The summed E-state index contributed by atoms with van der Waals surface area (Å²) in [6.07, 6.45) is 0. The number of halogens is 1. The Hall–Kier alpha value is -2.60. The van der Waals surface area contributed by atoms with Gasteiger partial charge in [-0.25, -0.2) is 0 Å². The predicted octanol–water partition coefficient (Wildman–Crippen LogP) is 3.81. The molecule has 0 fully saturated rings. The number of benzene rings is 2. The van der Waals surface area contributed by atoms with Gasteiger partial charge in [-0.05, 0) is 43.2 Å². The van der Waals surface area contributed by atoms with E-state index in [2.05, 4.69) is 5.32 Å². The molecule has 0 heterocycles. The number of carbonyl (C=O) groups excluding carboxylic acids is 1. The molecule has 6 nitrogen and oxygen atoms in total. The van der Waals surface area contributed by atoms with Gasteiger partial charge in [0.2, 0.25) is 0 Å². The van der Waals surface area contributed by atoms with Gasteiger partial charge in [0.25, 0.3) is 5.91 Å². The molecular weight excluding hydrogens is 332 g/mol. The highest BCUT2D eigenvalue weighted by atomic mass is 35.5. The van der Waals surface area contributed by atoms with Crippen LogP contribution in [0.25, 0.3) is 0 Å². The maximum Gasteiger partial charge on any atom is 0.311 e. The zero-order chi connectivity index (χ0) is 17.7. The maximum absolute atomic E-state index is 12.0. The van der Waals surface area contributed by atoms with E-state index in [-0.39, 0.29) is 30.0 Å². The summed E-state index contributed by atoms with van der Waals surface area (Å²) in [7, 11) is 0. The van der Waals surface area contributed by atoms with Gasteiger partial charge in [0.15, 0.2) is 12.4 Å². The Morgan fingerprint density at radius 3 is 2.75 bits per heavy atom. The molecule has 24 heavy (non-hydrogen) atoms. The number of hydrogen-bond acceptors (Lipinski definition) is 4. The highest BCUT2D eigenvalue weighted by molar-refractivity contribution is 6.30. The van der Waals surface area contributed by atoms with E-state index in [1.54, 1.807) is 31.2 Å². The van der Waals surface area contributed by atoms with Crippen molar-refractivity contribution in [3.8, 4) is 5.75 Å². The number of nitrogens with one attached hydrogen (secondary N) is 1. The second kappa shape index (κ2) is 7.79.